The highest BCUT2D eigenvalue weighted by Gasteiger charge is 2.38. The fourth-order valence-electron chi connectivity index (χ4n) is 2.81. The average molecular weight is 246 g/mol. The molecule has 1 atom stereocenters. The summed E-state index contributed by atoms with van der Waals surface area (Å²) in [7, 11) is 1.77. The van der Waals surface area contributed by atoms with Crippen LogP contribution in [0.2, 0.25) is 0 Å². The summed E-state index contributed by atoms with van der Waals surface area (Å²) in [4.78, 5) is 2.55. The third kappa shape index (κ3) is 3.13. The maximum atomic E-state index is 6.06. The second-order valence-corrected chi connectivity index (χ2v) is 5.86. The first-order chi connectivity index (χ1) is 7.70. The van der Waals surface area contributed by atoms with E-state index in [4.69, 9.17) is 10.5 Å². The number of hydrogen-bond donors (Lipinski definition) is 1. The molecule has 1 aliphatic rings. The third-order valence-corrected chi connectivity index (χ3v) is 4.68. The first-order valence-electron chi connectivity index (χ1n) is 6.23. The van der Waals surface area contributed by atoms with Crippen molar-refractivity contribution in [3.63, 3.8) is 0 Å². The van der Waals surface area contributed by atoms with Gasteiger partial charge in [-0.3, -0.25) is 4.90 Å². The highest BCUT2D eigenvalue weighted by molar-refractivity contribution is 7.99. The Labute approximate surface area is 104 Å². The molecule has 0 saturated carbocycles. The second-order valence-electron chi connectivity index (χ2n) is 4.63. The summed E-state index contributed by atoms with van der Waals surface area (Å²) >= 11 is 2.05. The molecule has 0 aromatic carbocycles. The molecule has 0 bridgehead atoms. The van der Waals surface area contributed by atoms with Gasteiger partial charge in [0.2, 0.25) is 0 Å². The lowest BCUT2D eigenvalue weighted by molar-refractivity contribution is 0.0150. The predicted molar refractivity (Wildman–Crippen MR) is 72.1 cm³/mol. The minimum Gasteiger partial charge on any atom is -0.383 e. The van der Waals surface area contributed by atoms with Crippen LogP contribution in [0.4, 0.5) is 0 Å². The Morgan fingerprint density at radius 1 is 1.44 bits per heavy atom. The number of methoxy groups -OCH3 is 1. The SMILES string of the molecule is CCN(C(C)COC)C1(CN)CCSCC1. The summed E-state index contributed by atoms with van der Waals surface area (Å²) < 4.78 is 5.28. The predicted octanol–water partition coefficient (Wildman–Crippen LogP) is 1.57. The molecule has 1 unspecified atom stereocenters. The van der Waals surface area contributed by atoms with E-state index in [2.05, 4.69) is 30.5 Å². The van der Waals surface area contributed by atoms with Gasteiger partial charge in [-0.2, -0.15) is 11.8 Å². The lowest BCUT2D eigenvalue weighted by atomic mass is 9.88. The largest absolute Gasteiger partial charge is 0.383 e. The van der Waals surface area contributed by atoms with Gasteiger partial charge >= 0.3 is 0 Å². The van der Waals surface area contributed by atoms with Gasteiger partial charge in [-0.1, -0.05) is 6.92 Å². The Hall–Kier alpha value is 0.230. The van der Waals surface area contributed by atoms with Crippen molar-refractivity contribution in [1.82, 2.24) is 4.90 Å². The van der Waals surface area contributed by atoms with Crippen molar-refractivity contribution < 1.29 is 4.74 Å². The van der Waals surface area contributed by atoms with Crippen molar-refractivity contribution in [1.29, 1.82) is 0 Å². The van der Waals surface area contributed by atoms with Crippen LogP contribution in [-0.2, 0) is 4.74 Å². The van der Waals surface area contributed by atoms with Crippen molar-refractivity contribution in [2.45, 2.75) is 38.3 Å². The number of nitrogens with two attached hydrogens (primary N) is 1. The van der Waals surface area contributed by atoms with E-state index in [9.17, 15) is 0 Å². The molecule has 1 rings (SSSR count). The van der Waals surface area contributed by atoms with E-state index >= 15 is 0 Å². The van der Waals surface area contributed by atoms with Crippen LogP contribution in [0.15, 0.2) is 0 Å². The quantitative estimate of drug-likeness (QED) is 0.772. The Morgan fingerprint density at radius 3 is 2.50 bits per heavy atom. The molecule has 1 aliphatic heterocycles. The van der Waals surface area contributed by atoms with Gasteiger partial charge < -0.3 is 10.5 Å². The number of rotatable bonds is 6. The van der Waals surface area contributed by atoms with Gasteiger partial charge in [0.25, 0.3) is 0 Å². The number of likely N-dealkylation sites (N-methyl/N-ethyl adjacent to an activating group) is 1. The summed E-state index contributed by atoms with van der Waals surface area (Å²) in [5, 5.41) is 0. The van der Waals surface area contributed by atoms with Gasteiger partial charge in [-0.15, -0.1) is 0 Å². The Morgan fingerprint density at radius 2 is 2.06 bits per heavy atom. The van der Waals surface area contributed by atoms with E-state index in [1.54, 1.807) is 7.11 Å². The maximum Gasteiger partial charge on any atom is 0.0615 e. The van der Waals surface area contributed by atoms with Crippen molar-refractivity contribution in [3.05, 3.63) is 0 Å². The molecule has 0 amide bonds. The Balaban J connectivity index is 2.72. The van der Waals surface area contributed by atoms with Gasteiger partial charge in [0, 0.05) is 25.2 Å². The highest BCUT2D eigenvalue weighted by Crippen LogP contribution is 2.33. The molecular weight excluding hydrogens is 220 g/mol. The zero-order valence-corrected chi connectivity index (χ0v) is 11.7. The molecule has 0 aromatic rings. The summed E-state index contributed by atoms with van der Waals surface area (Å²) in [6.07, 6.45) is 2.44. The molecule has 1 fully saturated rings. The molecule has 0 radical (unpaired) electrons. The summed E-state index contributed by atoms with van der Waals surface area (Å²) in [6.45, 7) is 7.10. The zero-order chi connectivity index (χ0) is 12.0. The van der Waals surface area contributed by atoms with Crippen LogP contribution < -0.4 is 5.73 Å². The van der Waals surface area contributed by atoms with Gasteiger partial charge in [0.15, 0.2) is 0 Å². The van der Waals surface area contributed by atoms with Crippen LogP contribution in [0.5, 0.6) is 0 Å². The Bertz CT molecular complexity index is 195. The van der Waals surface area contributed by atoms with Crippen LogP contribution in [0, 0.1) is 0 Å². The molecule has 0 aliphatic carbocycles. The van der Waals surface area contributed by atoms with Crippen LogP contribution in [-0.4, -0.2) is 54.8 Å². The van der Waals surface area contributed by atoms with Gasteiger partial charge in [-0.25, -0.2) is 0 Å². The first-order valence-corrected chi connectivity index (χ1v) is 7.39. The van der Waals surface area contributed by atoms with Crippen molar-refractivity contribution in [3.8, 4) is 0 Å². The van der Waals surface area contributed by atoms with Crippen molar-refractivity contribution >= 4 is 11.8 Å². The Kier molecular flexibility index (Phi) is 6.11. The zero-order valence-electron chi connectivity index (χ0n) is 10.9. The smallest absolute Gasteiger partial charge is 0.0615 e. The second kappa shape index (κ2) is 6.84. The first kappa shape index (κ1) is 14.3. The number of nitrogens with zero attached hydrogens (tertiary/aromatic N) is 1. The molecule has 0 aromatic heterocycles. The average Bonchev–Trinajstić information content (AvgIpc) is 2.31. The lowest BCUT2D eigenvalue weighted by Crippen LogP contribution is -2.59. The van der Waals surface area contributed by atoms with E-state index in [1.807, 2.05) is 0 Å². The number of thioether (sulfide) groups is 1. The summed E-state index contributed by atoms with van der Waals surface area (Å²) in [5.41, 5.74) is 6.28. The lowest BCUT2D eigenvalue weighted by Gasteiger charge is -2.48. The highest BCUT2D eigenvalue weighted by atomic mass is 32.2. The molecule has 1 heterocycles. The molecule has 0 spiro atoms. The monoisotopic (exact) mass is 246 g/mol. The van der Waals surface area contributed by atoms with Crippen LogP contribution >= 0.6 is 11.8 Å². The van der Waals surface area contributed by atoms with E-state index in [1.165, 1.54) is 24.3 Å². The topological polar surface area (TPSA) is 38.5 Å². The van der Waals surface area contributed by atoms with Gasteiger partial charge in [0.1, 0.15) is 0 Å². The standard InChI is InChI=1S/C12H26N2OS/c1-4-14(11(2)9-15-3)12(10-13)5-7-16-8-6-12/h11H,4-10,13H2,1-3H3. The minimum atomic E-state index is 0.220. The van der Waals surface area contributed by atoms with Crippen LogP contribution in [0.3, 0.4) is 0 Å². The van der Waals surface area contributed by atoms with E-state index in [-0.39, 0.29) is 5.54 Å². The molecule has 1 saturated heterocycles. The fourth-order valence-corrected chi connectivity index (χ4v) is 4.06. The number of ether oxygens (including phenoxy) is 1. The molecule has 16 heavy (non-hydrogen) atoms. The van der Waals surface area contributed by atoms with E-state index in [0.717, 1.165) is 19.7 Å². The summed E-state index contributed by atoms with van der Waals surface area (Å²) in [6, 6.07) is 0.460. The van der Waals surface area contributed by atoms with Crippen molar-refractivity contribution in [2.75, 3.05) is 38.3 Å². The minimum absolute atomic E-state index is 0.220. The molecule has 3 nitrogen and oxygen atoms in total. The number of hydrogen-bond acceptors (Lipinski definition) is 4. The van der Waals surface area contributed by atoms with Gasteiger partial charge in [0.05, 0.1) is 6.61 Å². The summed E-state index contributed by atoms with van der Waals surface area (Å²) in [5.74, 6) is 2.49. The molecule has 4 heteroatoms. The van der Waals surface area contributed by atoms with E-state index < -0.39 is 0 Å². The maximum absolute atomic E-state index is 6.06. The third-order valence-electron chi connectivity index (χ3n) is 3.69. The van der Waals surface area contributed by atoms with E-state index in [0.29, 0.717) is 6.04 Å². The van der Waals surface area contributed by atoms with Gasteiger partial charge in [-0.05, 0) is 37.8 Å². The van der Waals surface area contributed by atoms with Crippen molar-refractivity contribution in [2.24, 2.45) is 5.73 Å². The van der Waals surface area contributed by atoms with Crippen LogP contribution in [0.25, 0.3) is 0 Å². The van der Waals surface area contributed by atoms with Crippen LogP contribution in [0.1, 0.15) is 26.7 Å². The molecular formula is C12H26N2OS. The molecule has 96 valence electrons. The molecule has 2 N–H and O–H groups in total. The normalized spacial score (nSPS) is 22.3. The fraction of sp³-hybridized carbons (Fsp3) is 1.00.